The summed E-state index contributed by atoms with van der Waals surface area (Å²) in [6.45, 7) is 3.84. The molecule has 1 N–H and O–H groups in total. The van der Waals surface area contributed by atoms with E-state index < -0.39 is 5.60 Å². The lowest BCUT2D eigenvalue weighted by atomic mass is 9.91. The first-order valence-corrected chi connectivity index (χ1v) is 5.23. The third kappa shape index (κ3) is 2.13. The highest BCUT2D eigenvalue weighted by molar-refractivity contribution is 5.20. The largest absolute Gasteiger partial charge is 0.385 e. The van der Waals surface area contributed by atoms with Gasteiger partial charge in [-0.05, 0) is 32.3 Å². The Balaban J connectivity index is 2.14. The molecule has 2 rings (SSSR count). The standard InChI is InChI=1S/C12H17NO/c1-9-3-6-11(8-13-9)12(2,14)7-10-4-5-10/h3,6,8,10,14H,4-5,7H2,1-2H3. The molecule has 0 amide bonds. The van der Waals surface area contributed by atoms with Crippen LogP contribution in [0.2, 0.25) is 0 Å². The second kappa shape index (κ2) is 3.35. The molecule has 1 atom stereocenters. The molecular weight excluding hydrogens is 174 g/mol. The Hall–Kier alpha value is -0.890. The summed E-state index contributed by atoms with van der Waals surface area (Å²) < 4.78 is 0. The predicted octanol–water partition coefficient (Wildman–Crippen LogP) is 2.40. The molecule has 0 bridgehead atoms. The van der Waals surface area contributed by atoms with Gasteiger partial charge < -0.3 is 5.11 Å². The van der Waals surface area contributed by atoms with Gasteiger partial charge in [0.15, 0.2) is 0 Å². The fourth-order valence-electron chi connectivity index (χ4n) is 1.79. The monoisotopic (exact) mass is 191 g/mol. The van der Waals surface area contributed by atoms with E-state index in [1.165, 1.54) is 12.8 Å². The fraction of sp³-hybridized carbons (Fsp3) is 0.583. The van der Waals surface area contributed by atoms with E-state index in [0.29, 0.717) is 0 Å². The summed E-state index contributed by atoms with van der Waals surface area (Å²) in [6, 6.07) is 3.93. The maximum atomic E-state index is 10.2. The summed E-state index contributed by atoms with van der Waals surface area (Å²) in [5.74, 6) is 0.728. The molecule has 0 spiro atoms. The lowest BCUT2D eigenvalue weighted by Crippen LogP contribution is -2.22. The van der Waals surface area contributed by atoms with E-state index in [-0.39, 0.29) is 0 Å². The molecule has 0 aromatic carbocycles. The van der Waals surface area contributed by atoms with Gasteiger partial charge in [0.2, 0.25) is 0 Å². The van der Waals surface area contributed by atoms with Crippen molar-refractivity contribution in [1.82, 2.24) is 4.98 Å². The molecule has 1 aromatic heterocycles. The van der Waals surface area contributed by atoms with Crippen molar-refractivity contribution < 1.29 is 5.11 Å². The van der Waals surface area contributed by atoms with E-state index in [9.17, 15) is 5.11 Å². The molecule has 1 aliphatic rings. The fourth-order valence-corrected chi connectivity index (χ4v) is 1.79. The van der Waals surface area contributed by atoms with Crippen LogP contribution in [0.15, 0.2) is 18.3 Å². The van der Waals surface area contributed by atoms with Crippen LogP contribution in [0.1, 0.15) is 37.4 Å². The lowest BCUT2D eigenvalue weighted by molar-refractivity contribution is 0.0414. The SMILES string of the molecule is Cc1ccc(C(C)(O)CC2CC2)cn1. The minimum Gasteiger partial charge on any atom is -0.385 e. The van der Waals surface area contributed by atoms with Crippen LogP contribution in [0, 0.1) is 12.8 Å². The summed E-state index contributed by atoms with van der Waals surface area (Å²) in [6.07, 6.45) is 5.21. The maximum Gasteiger partial charge on any atom is 0.0886 e. The number of pyridine rings is 1. The van der Waals surface area contributed by atoms with Crippen molar-refractivity contribution in [2.24, 2.45) is 5.92 Å². The lowest BCUT2D eigenvalue weighted by Gasteiger charge is -2.23. The number of rotatable bonds is 3. The Bertz CT molecular complexity index is 312. The molecule has 1 heterocycles. The number of hydrogen-bond donors (Lipinski definition) is 1. The van der Waals surface area contributed by atoms with Crippen molar-refractivity contribution in [3.8, 4) is 0 Å². The van der Waals surface area contributed by atoms with Gasteiger partial charge in [-0.25, -0.2) is 0 Å². The molecule has 76 valence electrons. The zero-order chi connectivity index (χ0) is 10.2. The van der Waals surface area contributed by atoms with Crippen LogP contribution >= 0.6 is 0 Å². The minimum atomic E-state index is -0.693. The van der Waals surface area contributed by atoms with Crippen molar-refractivity contribution in [3.63, 3.8) is 0 Å². The molecule has 1 unspecified atom stereocenters. The Morgan fingerprint density at radius 1 is 1.50 bits per heavy atom. The first-order chi connectivity index (χ1) is 6.58. The van der Waals surface area contributed by atoms with Crippen LogP contribution in [0.25, 0.3) is 0 Å². The van der Waals surface area contributed by atoms with Gasteiger partial charge in [-0.15, -0.1) is 0 Å². The average molecular weight is 191 g/mol. The number of aromatic nitrogens is 1. The third-order valence-corrected chi connectivity index (χ3v) is 2.92. The number of aryl methyl sites for hydroxylation is 1. The van der Waals surface area contributed by atoms with Gasteiger partial charge in [-0.1, -0.05) is 18.9 Å². The molecule has 0 radical (unpaired) electrons. The Labute approximate surface area is 85.0 Å². The van der Waals surface area contributed by atoms with E-state index >= 15 is 0 Å². The Morgan fingerprint density at radius 2 is 2.21 bits per heavy atom. The Morgan fingerprint density at radius 3 is 2.71 bits per heavy atom. The van der Waals surface area contributed by atoms with Crippen molar-refractivity contribution >= 4 is 0 Å². The molecule has 1 aliphatic carbocycles. The van der Waals surface area contributed by atoms with E-state index in [4.69, 9.17) is 0 Å². The molecule has 0 aliphatic heterocycles. The van der Waals surface area contributed by atoms with Gasteiger partial charge in [0.05, 0.1) is 5.60 Å². The summed E-state index contributed by atoms with van der Waals surface area (Å²) in [5, 5.41) is 10.2. The van der Waals surface area contributed by atoms with Crippen LogP contribution < -0.4 is 0 Å². The summed E-state index contributed by atoms with van der Waals surface area (Å²) in [7, 11) is 0. The summed E-state index contributed by atoms with van der Waals surface area (Å²) in [5.41, 5.74) is 1.24. The maximum absolute atomic E-state index is 10.2. The van der Waals surface area contributed by atoms with E-state index in [1.54, 1.807) is 6.20 Å². The summed E-state index contributed by atoms with van der Waals surface area (Å²) in [4.78, 5) is 4.21. The number of aliphatic hydroxyl groups is 1. The van der Waals surface area contributed by atoms with Crippen molar-refractivity contribution in [3.05, 3.63) is 29.6 Å². The van der Waals surface area contributed by atoms with Crippen molar-refractivity contribution in [2.75, 3.05) is 0 Å². The molecule has 0 saturated heterocycles. The van der Waals surface area contributed by atoms with Gasteiger partial charge in [-0.3, -0.25) is 4.98 Å². The molecular formula is C12H17NO. The topological polar surface area (TPSA) is 33.1 Å². The number of hydrogen-bond acceptors (Lipinski definition) is 2. The quantitative estimate of drug-likeness (QED) is 0.795. The van der Waals surface area contributed by atoms with E-state index in [1.807, 2.05) is 26.0 Å². The second-order valence-electron chi connectivity index (χ2n) is 4.61. The van der Waals surface area contributed by atoms with Crippen LogP contribution in [0.4, 0.5) is 0 Å². The Kier molecular flexibility index (Phi) is 2.31. The zero-order valence-electron chi connectivity index (χ0n) is 8.83. The second-order valence-corrected chi connectivity index (χ2v) is 4.61. The van der Waals surface area contributed by atoms with E-state index in [2.05, 4.69) is 4.98 Å². The van der Waals surface area contributed by atoms with Crippen LogP contribution in [0.5, 0.6) is 0 Å². The normalized spacial score (nSPS) is 20.5. The van der Waals surface area contributed by atoms with Crippen molar-refractivity contribution in [1.29, 1.82) is 0 Å². The smallest absolute Gasteiger partial charge is 0.0886 e. The van der Waals surface area contributed by atoms with Crippen LogP contribution in [0.3, 0.4) is 0 Å². The molecule has 2 nitrogen and oxygen atoms in total. The van der Waals surface area contributed by atoms with Crippen LogP contribution in [-0.2, 0) is 5.60 Å². The summed E-state index contributed by atoms with van der Waals surface area (Å²) >= 11 is 0. The van der Waals surface area contributed by atoms with Crippen LogP contribution in [-0.4, -0.2) is 10.1 Å². The van der Waals surface area contributed by atoms with Gasteiger partial charge in [0, 0.05) is 17.5 Å². The van der Waals surface area contributed by atoms with Gasteiger partial charge >= 0.3 is 0 Å². The molecule has 1 aromatic rings. The molecule has 1 fully saturated rings. The number of nitrogens with zero attached hydrogens (tertiary/aromatic N) is 1. The molecule has 2 heteroatoms. The highest BCUT2D eigenvalue weighted by Gasteiger charge is 2.32. The molecule has 1 saturated carbocycles. The first kappa shape index (κ1) is 9.66. The third-order valence-electron chi connectivity index (χ3n) is 2.92. The van der Waals surface area contributed by atoms with Gasteiger partial charge in [0.1, 0.15) is 0 Å². The first-order valence-electron chi connectivity index (χ1n) is 5.23. The van der Waals surface area contributed by atoms with E-state index in [0.717, 1.165) is 23.6 Å². The average Bonchev–Trinajstić information content (AvgIpc) is 2.88. The minimum absolute atomic E-state index is 0.693. The van der Waals surface area contributed by atoms with Crippen molar-refractivity contribution in [2.45, 2.75) is 38.7 Å². The predicted molar refractivity (Wildman–Crippen MR) is 55.9 cm³/mol. The highest BCUT2D eigenvalue weighted by Crippen LogP contribution is 2.40. The van der Waals surface area contributed by atoms with Gasteiger partial charge in [0.25, 0.3) is 0 Å². The molecule has 14 heavy (non-hydrogen) atoms. The zero-order valence-corrected chi connectivity index (χ0v) is 8.83. The van der Waals surface area contributed by atoms with Gasteiger partial charge in [-0.2, -0.15) is 0 Å². The highest BCUT2D eigenvalue weighted by atomic mass is 16.3.